The van der Waals surface area contributed by atoms with E-state index in [2.05, 4.69) is 10.1 Å². The van der Waals surface area contributed by atoms with Gasteiger partial charge in [0, 0.05) is 9.90 Å². The third-order valence-corrected chi connectivity index (χ3v) is 4.77. The molecule has 0 aliphatic carbocycles. The van der Waals surface area contributed by atoms with Gasteiger partial charge < -0.3 is 0 Å². The quantitative estimate of drug-likeness (QED) is 0.733. The zero-order valence-corrected chi connectivity index (χ0v) is 13.5. The molecule has 1 aromatic carbocycles. The Morgan fingerprint density at radius 3 is 2.59 bits per heavy atom. The van der Waals surface area contributed by atoms with Crippen molar-refractivity contribution in [2.75, 3.05) is 0 Å². The molecule has 2 aromatic heterocycles. The number of nitrogens with one attached hydrogen (secondary N) is 1. The van der Waals surface area contributed by atoms with E-state index in [1.54, 1.807) is 24.3 Å². The van der Waals surface area contributed by atoms with Crippen LogP contribution in [0.3, 0.4) is 0 Å². The van der Waals surface area contributed by atoms with Gasteiger partial charge in [0.2, 0.25) is 0 Å². The molecule has 2 heterocycles. The van der Waals surface area contributed by atoms with Gasteiger partial charge in [0.25, 0.3) is 5.56 Å². The summed E-state index contributed by atoms with van der Waals surface area (Å²) in [5.41, 5.74) is 0.653. The van der Waals surface area contributed by atoms with Crippen LogP contribution in [0, 0.1) is 13.8 Å². The van der Waals surface area contributed by atoms with Crippen LogP contribution in [0.15, 0.2) is 39.0 Å². The van der Waals surface area contributed by atoms with Crippen molar-refractivity contribution < 1.29 is 0 Å². The average molecular weight is 334 g/mol. The highest BCUT2D eigenvalue weighted by Crippen LogP contribution is 2.24. The molecule has 0 saturated carbocycles. The van der Waals surface area contributed by atoms with E-state index in [9.17, 15) is 9.59 Å². The van der Waals surface area contributed by atoms with E-state index < -0.39 is 11.2 Å². The Hall–Kier alpha value is -2.18. The summed E-state index contributed by atoms with van der Waals surface area (Å²) in [7, 11) is 0. The Balaban J connectivity index is 2.15. The molecule has 7 heteroatoms. The Labute approximate surface area is 134 Å². The predicted molar refractivity (Wildman–Crippen MR) is 90.6 cm³/mol. The first-order chi connectivity index (χ1) is 10.5. The van der Waals surface area contributed by atoms with Crippen molar-refractivity contribution in [3.63, 3.8) is 0 Å². The fourth-order valence-electron chi connectivity index (χ4n) is 2.10. The summed E-state index contributed by atoms with van der Waals surface area (Å²) in [6.07, 6.45) is 1.45. The molecule has 112 valence electrons. The fourth-order valence-corrected chi connectivity index (χ4v) is 3.27. The molecular weight excluding hydrogens is 322 g/mol. The molecule has 0 spiro atoms. The van der Waals surface area contributed by atoms with Crippen LogP contribution in [-0.2, 0) is 0 Å². The molecule has 5 nitrogen and oxygen atoms in total. The number of hydrogen-bond acceptors (Lipinski definition) is 4. The summed E-state index contributed by atoms with van der Waals surface area (Å²) in [5, 5.41) is 5.12. The van der Waals surface area contributed by atoms with Crippen molar-refractivity contribution in [1.29, 1.82) is 0 Å². The molecule has 0 amide bonds. The van der Waals surface area contributed by atoms with Gasteiger partial charge >= 0.3 is 5.69 Å². The number of hydrogen-bond donors (Lipinski definition) is 1. The highest BCUT2D eigenvalue weighted by Gasteiger charge is 2.13. The second-order valence-corrected chi connectivity index (χ2v) is 6.49. The van der Waals surface area contributed by atoms with Crippen molar-refractivity contribution in [2.24, 2.45) is 5.10 Å². The summed E-state index contributed by atoms with van der Waals surface area (Å²) >= 11 is 7.21. The van der Waals surface area contributed by atoms with Gasteiger partial charge in [-0.1, -0.05) is 23.7 Å². The normalized spacial score (nSPS) is 11.6. The lowest BCUT2D eigenvalue weighted by molar-refractivity contribution is 0.772. The first-order valence-electron chi connectivity index (χ1n) is 6.52. The van der Waals surface area contributed by atoms with Crippen molar-refractivity contribution in [3.05, 3.63) is 66.1 Å². The molecule has 3 aromatic rings. The fraction of sp³-hybridized carbons (Fsp3) is 0.133. The van der Waals surface area contributed by atoms with Gasteiger partial charge in [0.1, 0.15) is 4.83 Å². The molecular formula is C15H12ClN3O2S. The van der Waals surface area contributed by atoms with Gasteiger partial charge in [-0.15, -0.1) is 16.0 Å². The Kier molecular flexibility index (Phi) is 3.72. The smallest absolute Gasteiger partial charge is 0.297 e. The highest BCUT2D eigenvalue weighted by molar-refractivity contribution is 7.18. The molecule has 3 rings (SSSR count). The zero-order chi connectivity index (χ0) is 15.9. The van der Waals surface area contributed by atoms with Crippen molar-refractivity contribution in [1.82, 2.24) is 9.66 Å². The molecule has 22 heavy (non-hydrogen) atoms. The Morgan fingerprint density at radius 2 is 1.91 bits per heavy atom. The van der Waals surface area contributed by atoms with E-state index in [1.165, 1.54) is 17.6 Å². The lowest BCUT2D eigenvalue weighted by atomic mass is 10.2. The molecule has 0 atom stereocenters. The van der Waals surface area contributed by atoms with E-state index in [-0.39, 0.29) is 0 Å². The number of aromatic nitrogens is 2. The van der Waals surface area contributed by atoms with Gasteiger partial charge in [-0.25, -0.2) is 4.79 Å². The number of thiophene rings is 1. The molecule has 0 unspecified atom stereocenters. The number of H-pyrrole nitrogens is 1. The molecule has 1 N–H and O–H groups in total. The van der Waals surface area contributed by atoms with E-state index >= 15 is 0 Å². The summed E-state index contributed by atoms with van der Waals surface area (Å²) in [6, 6.07) is 6.93. The average Bonchev–Trinajstić information content (AvgIpc) is 2.75. The lowest BCUT2D eigenvalue weighted by Gasteiger charge is -1.98. The third-order valence-electron chi connectivity index (χ3n) is 3.40. The summed E-state index contributed by atoms with van der Waals surface area (Å²) in [5.74, 6) is 0. The molecule has 0 fully saturated rings. The highest BCUT2D eigenvalue weighted by atomic mass is 35.5. The summed E-state index contributed by atoms with van der Waals surface area (Å²) < 4.78 is 0.843. The van der Waals surface area contributed by atoms with E-state index in [1.807, 2.05) is 13.8 Å². The maximum absolute atomic E-state index is 12.5. The van der Waals surface area contributed by atoms with Crippen molar-refractivity contribution in [3.8, 4) is 0 Å². The SMILES string of the molecule is Cc1sc2[nH]c(=O)n(/N=C/c3ccc(Cl)cc3)c(=O)c2c1C. The monoisotopic (exact) mass is 333 g/mol. The number of fused-ring (bicyclic) bond motifs is 1. The second-order valence-electron chi connectivity index (χ2n) is 4.83. The largest absolute Gasteiger partial charge is 0.350 e. The first kappa shape index (κ1) is 14.7. The maximum atomic E-state index is 12.5. The minimum absolute atomic E-state index is 0.411. The minimum atomic E-state index is -0.552. The van der Waals surface area contributed by atoms with Gasteiger partial charge in [-0.3, -0.25) is 9.78 Å². The lowest BCUT2D eigenvalue weighted by Crippen LogP contribution is -2.32. The standard InChI is InChI=1S/C15H12ClN3O2S/c1-8-9(2)22-13-12(8)14(20)19(15(21)18-13)17-7-10-3-5-11(16)6-4-10/h3-7H,1-2H3,(H,18,21)/b17-7+. The number of rotatable bonds is 2. The van der Waals surface area contributed by atoms with Gasteiger partial charge in [0.15, 0.2) is 0 Å². The van der Waals surface area contributed by atoms with Gasteiger partial charge in [-0.05, 0) is 37.1 Å². The summed E-state index contributed by atoms with van der Waals surface area (Å²) in [4.78, 5) is 28.8. The van der Waals surface area contributed by atoms with Gasteiger partial charge in [-0.2, -0.15) is 5.10 Å². The minimum Gasteiger partial charge on any atom is -0.297 e. The zero-order valence-electron chi connectivity index (χ0n) is 11.9. The van der Waals surface area contributed by atoms with Gasteiger partial charge in [0.05, 0.1) is 11.6 Å². The van der Waals surface area contributed by atoms with Crippen LogP contribution in [0.25, 0.3) is 10.2 Å². The van der Waals surface area contributed by atoms with Crippen LogP contribution in [0.5, 0.6) is 0 Å². The molecule has 0 aliphatic heterocycles. The van der Waals surface area contributed by atoms with Crippen LogP contribution in [0.4, 0.5) is 0 Å². The first-order valence-corrected chi connectivity index (χ1v) is 7.72. The number of nitrogens with zero attached hydrogens (tertiary/aromatic N) is 2. The van der Waals surface area contributed by atoms with Crippen molar-refractivity contribution >= 4 is 39.4 Å². The molecule has 0 radical (unpaired) electrons. The van der Waals surface area contributed by atoms with Crippen molar-refractivity contribution in [2.45, 2.75) is 13.8 Å². The summed E-state index contributed by atoms with van der Waals surface area (Å²) in [6.45, 7) is 3.78. The predicted octanol–water partition coefficient (Wildman–Crippen LogP) is 2.90. The number of aryl methyl sites for hydroxylation is 2. The van der Waals surface area contributed by atoms with Crippen LogP contribution in [0.2, 0.25) is 5.02 Å². The van der Waals surface area contributed by atoms with Crippen LogP contribution in [-0.4, -0.2) is 15.9 Å². The van der Waals surface area contributed by atoms with Crippen LogP contribution >= 0.6 is 22.9 Å². The Morgan fingerprint density at radius 1 is 1.23 bits per heavy atom. The Bertz CT molecular complexity index is 997. The van der Waals surface area contributed by atoms with Crippen LogP contribution < -0.4 is 11.2 Å². The number of benzene rings is 1. The van der Waals surface area contributed by atoms with E-state index in [0.717, 1.165) is 20.7 Å². The second kappa shape index (κ2) is 5.55. The van der Waals surface area contributed by atoms with E-state index in [0.29, 0.717) is 15.2 Å². The third kappa shape index (κ3) is 2.51. The topological polar surface area (TPSA) is 67.2 Å². The molecule has 0 saturated heterocycles. The maximum Gasteiger partial charge on any atom is 0.350 e. The molecule has 0 aliphatic rings. The van der Waals surface area contributed by atoms with E-state index in [4.69, 9.17) is 11.6 Å². The van der Waals surface area contributed by atoms with Crippen LogP contribution in [0.1, 0.15) is 16.0 Å². The number of halogens is 1. The molecule has 0 bridgehead atoms. The number of aromatic amines is 1.